The van der Waals surface area contributed by atoms with Gasteiger partial charge in [-0.25, -0.2) is 0 Å². The van der Waals surface area contributed by atoms with Crippen molar-refractivity contribution >= 4 is 0 Å². The molecule has 0 unspecified atom stereocenters. The number of pyridine rings is 9. The van der Waals surface area contributed by atoms with Gasteiger partial charge in [0.05, 0.1) is 51.2 Å². The zero-order chi connectivity index (χ0) is 107. The first-order chi connectivity index (χ1) is 71.5. The molecule has 0 spiro atoms. The van der Waals surface area contributed by atoms with Crippen LogP contribution in [0.3, 0.4) is 0 Å². The van der Waals surface area contributed by atoms with E-state index in [0.29, 0.717) is 0 Å². The molecule has 9 aliphatic rings. The molecule has 0 bridgehead atoms. The van der Waals surface area contributed by atoms with E-state index in [1.165, 1.54) is 386 Å². The van der Waals surface area contributed by atoms with Crippen molar-refractivity contribution in [2.45, 2.75) is 286 Å². The van der Waals surface area contributed by atoms with E-state index in [1.807, 2.05) is 31.0 Å². The number of nitrogens with zero attached hydrogens (tertiary/aromatic N) is 9. The maximum absolute atomic E-state index is 4.77. The quantitative estimate of drug-likeness (QED) is 0.146. The van der Waals surface area contributed by atoms with Gasteiger partial charge in [-0.05, 0) is 462 Å². The summed E-state index contributed by atoms with van der Waals surface area (Å²) in [6.45, 7) is 71.7. The summed E-state index contributed by atoms with van der Waals surface area (Å²) in [7, 11) is 0. The van der Waals surface area contributed by atoms with Gasteiger partial charge in [-0.1, -0.05) is 179 Å². The first-order valence-electron chi connectivity index (χ1n) is 54.0. The fourth-order valence-electron chi connectivity index (χ4n) is 24.6. The Morgan fingerprint density at radius 3 is 0.887 bits per heavy atom. The Hall–Kier alpha value is -14.7. The third-order valence-corrected chi connectivity index (χ3v) is 34.8. The lowest BCUT2D eigenvalue weighted by Crippen LogP contribution is -1.98. The van der Waals surface area contributed by atoms with E-state index in [9.17, 15) is 0 Å². The van der Waals surface area contributed by atoms with Gasteiger partial charge in [0.25, 0.3) is 0 Å². The van der Waals surface area contributed by atoms with E-state index < -0.39 is 0 Å². The number of aromatic nitrogens is 9. The van der Waals surface area contributed by atoms with Gasteiger partial charge in [0, 0.05) is 162 Å². The summed E-state index contributed by atoms with van der Waals surface area (Å²) in [6, 6.07) is 55.7. The van der Waals surface area contributed by atoms with Crippen molar-refractivity contribution in [3.8, 4) is 100 Å². The van der Waals surface area contributed by atoms with Gasteiger partial charge in [-0.2, -0.15) is 0 Å². The van der Waals surface area contributed by atoms with Gasteiger partial charge in [0.1, 0.15) is 0 Å². The van der Waals surface area contributed by atoms with Crippen molar-refractivity contribution in [1.29, 1.82) is 0 Å². The van der Waals surface area contributed by atoms with Crippen molar-refractivity contribution in [3.63, 3.8) is 0 Å². The van der Waals surface area contributed by atoms with E-state index >= 15 is 0 Å². The molecule has 0 saturated heterocycles. The normalized spacial score (nSPS) is 12.5. The lowest BCUT2D eigenvalue weighted by Gasteiger charge is -2.12. The summed E-state index contributed by atoms with van der Waals surface area (Å²) in [5.41, 5.74) is 93.2. The number of hydrogen-bond acceptors (Lipinski definition) is 9. The van der Waals surface area contributed by atoms with Crippen molar-refractivity contribution in [2.75, 3.05) is 0 Å². The van der Waals surface area contributed by atoms with E-state index in [2.05, 4.69) is 405 Å². The Morgan fingerprint density at radius 1 is 0.147 bits per heavy atom. The van der Waals surface area contributed by atoms with Crippen LogP contribution in [0.1, 0.15) is 285 Å². The van der Waals surface area contributed by atoms with Crippen LogP contribution in [-0.2, 0) is 57.8 Å². The molecule has 0 atom stereocenters. The predicted octanol–water partition coefficient (Wildman–Crippen LogP) is 34.1. The van der Waals surface area contributed by atoms with E-state index in [-0.39, 0.29) is 0 Å². The van der Waals surface area contributed by atoms with Crippen molar-refractivity contribution in [3.05, 3.63) is 468 Å². The lowest BCUT2D eigenvalue weighted by molar-refractivity contribution is 1.03. The number of rotatable bonds is 0. The van der Waals surface area contributed by atoms with E-state index in [1.54, 1.807) is 0 Å². The zero-order valence-electron chi connectivity index (χ0n) is 95.2. The SMILES string of the molecule is Cc1cc(C)c2c(c1)Cc1ncc(C)c(C)c1-2.Cc1ccc2c(c1)-c1c(nc(C)c(C)c1C)C2.Cc1ccc2c(c1)-c1c(ncc(C)c1C)C2.Cc1ccc2c(c1)Cc1nc(C)c(C)c(C)c1-2.Cc1ccc2c(c1)Cc1ncc(C)c(C)c1-2.Cc1ccc2c(c1C)-c1c(ncc(C)c1C)C2.Cc1cccc2c1-c1c(nc(C)c(C)c1C)C2.Cc1cccc2c1Cc1nc(C)c(C)c(C)c1-2.Cc1cnc2c(c1C)-c1cccc(C)c1C2. The van der Waals surface area contributed by atoms with Crippen LogP contribution in [0.25, 0.3) is 100 Å². The highest BCUT2D eigenvalue weighted by Gasteiger charge is 2.34. The fourth-order valence-corrected chi connectivity index (χ4v) is 24.6. The molecule has 27 rings (SSSR count). The van der Waals surface area contributed by atoms with Crippen LogP contribution in [0.4, 0.5) is 0 Å². The molecular formula is C141H147N9. The zero-order valence-corrected chi connectivity index (χ0v) is 95.2. The maximum Gasteiger partial charge on any atom is 0.0532 e. The number of aryl methyl sites for hydroxylation is 19. The molecular weight excluding hydrogens is 1820 g/mol. The second kappa shape index (κ2) is 41.3. The van der Waals surface area contributed by atoms with Crippen molar-refractivity contribution in [2.24, 2.45) is 0 Å². The molecule has 0 saturated carbocycles. The largest absolute Gasteiger partial charge is 0.260 e. The third-order valence-electron chi connectivity index (χ3n) is 34.8. The second-order valence-corrected chi connectivity index (χ2v) is 44.7. The summed E-state index contributed by atoms with van der Waals surface area (Å²) in [5.74, 6) is 0. The molecule has 0 fully saturated rings. The van der Waals surface area contributed by atoms with Crippen LogP contribution in [0, 0.1) is 228 Å². The molecule has 9 nitrogen and oxygen atoms in total. The molecule has 0 radical (unpaired) electrons. The third kappa shape index (κ3) is 19.1. The molecule has 9 aliphatic carbocycles. The van der Waals surface area contributed by atoms with Gasteiger partial charge in [-0.3, -0.25) is 44.9 Å². The summed E-state index contributed by atoms with van der Waals surface area (Å²) < 4.78 is 0. The Morgan fingerprint density at radius 2 is 0.420 bits per heavy atom. The molecule has 9 aromatic carbocycles. The van der Waals surface area contributed by atoms with Crippen LogP contribution >= 0.6 is 0 Å². The predicted molar refractivity (Wildman–Crippen MR) is 629 cm³/mol. The number of hydrogen-bond donors (Lipinski definition) is 0. The molecule has 150 heavy (non-hydrogen) atoms. The molecule has 0 aliphatic heterocycles. The Kier molecular flexibility index (Phi) is 28.6. The molecule has 0 amide bonds. The summed E-state index contributed by atoms with van der Waals surface area (Å²) >= 11 is 0. The fraction of sp³-hybridized carbons (Fsp3) is 0.298. The molecule has 9 heterocycles. The van der Waals surface area contributed by atoms with Gasteiger partial charge < -0.3 is 0 Å². The smallest absolute Gasteiger partial charge is 0.0532 e. The minimum atomic E-state index is 0.992. The van der Waals surface area contributed by atoms with Crippen LogP contribution in [0.5, 0.6) is 0 Å². The van der Waals surface area contributed by atoms with Gasteiger partial charge >= 0.3 is 0 Å². The Bertz CT molecular complexity index is 8560. The average Bonchev–Trinajstić information content (AvgIpc) is 1.61. The first kappa shape index (κ1) is 104. The molecule has 9 aromatic heterocycles. The van der Waals surface area contributed by atoms with Crippen molar-refractivity contribution in [1.82, 2.24) is 44.9 Å². The molecule has 0 N–H and O–H groups in total. The summed E-state index contributed by atoms with van der Waals surface area (Å²) in [4.78, 5) is 42.0. The number of fused-ring (bicyclic) bond motifs is 27. The van der Waals surface area contributed by atoms with E-state index in [0.717, 1.165) is 57.8 Å². The maximum atomic E-state index is 4.77. The van der Waals surface area contributed by atoms with Crippen LogP contribution in [0.15, 0.2) is 183 Å². The van der Waals surface area contributed by atoms with Crippen LogP contribution in [0.2, 0.25) is 0 Å². The van der Waals surface area contributed by atoms with Gasteiger partial charge in [0.2, 0.25) is 0 Å². The lowest BCUT2D eigenvalue weighted by atomic mass is 9.94. The van der Waals surface area contributed by atoms with Crippen LogP contribution < -0.4 is 0 Å². The topological polar surface area (TPSA) is 116 Å². The van der Waals surface area contributed by atoms with E-state index in [4.69, 9.17) is 19.9 Å². The van der Waals surface area contributed by atoms with Gasteiger partial charge in [-0.15, -0.1) is 0 Å². The Balaban J connectivity index is 0.000000106. The number of benzene rings is 9. The summed E-state index contributed by atoms with van der Waals surface area (Å²) in [5, 5.41) is 0. The molecule has 18 aromatic rings. The minimum absolute atomic E-state index is 0.992. The summed E-state index contributed by atoms with van der Waals surface area (Å²) in [6.07, 6.45) is 18.9. The second-order valence-electron chi connectivity index (χ2n) is 44.7. The highest BCUT2D eigenvalue weighted by molar-refractivity contribution is 5.89. The van der Waals surface area contributed by atoms with Crippen molar-refractivity contribution < 1.29 is 0 Å². The monoisotopic (exact) mass is 1970 g/mol. The minimum Gasteiger partial charge on any atom is -0.260 e. The average molecular weight is 1970 g/mol. The van der Waals surface area contributed by atoms with Crippen LogP contribution in [-0.4, -0.2) is 44.9 Å². The Labute approximate surface area is 893 Å². The standard InChI is InChI=1S/6C16H17N.3C15H15N/c1-9-5-10(2)15-13(6-9)7-14-16(15)12(4)11(3)8-17-14;1-9-5-6-13-7-14-16(15(13)11(9)3)12(4)10(2)8-17-14;1-9-5-6-14-13(7-9)8-15-16(14)11(3)10(2)12(4)17-15;1-9-5-6-13-8-15-16(14(13)7-9)11(3)10(2)12(4)17-15;1-9-6-5-7-13-14(9)8-15-16(13)11(3)10(2)12(4)17-15;1-9-6-5-7-13-8-14-16(15(9)13)11(3)10(2)12(4)17-14;1-9-4-5-13-12(6-9)7-14-15(13)11(3)10(2)8-16-14;1-9-4-5-12-7-14-15(13(12)6-9)11(3)10(2)8-16-14;1-9-5-4-6-12-13(9)7-14-15(12)11(3)10(2)8-16-14/h2*5-6,8H,7H2,1-4H3;4*5-7H,8H2,1-4H3;3*4-6,8H,7H2,1-3H3. The first-order valence-corrected chi connectivity index (χ1v) is 54.0. The molecule has 9 heteroatoms. The highest BCUT2D eigenvalue weighted by Crippen LogP contribution is 2.50. The van der Waals surface area contributed by atoms with Gasteiger partial charge in [0.15, 0.2) is 0 Å². The molecule has 756 valence electrons. The highest BCUT2D eigenvalue weighted by atomic mass is 14.8.